The van der Waals surface area contributed by atoms with Gasteiger partial charge in [0.1, 0.15) is 0 Å². The van der Waals surface area contributed by atoms with Gasteiger partial charge in [0.2, 0.25) is 10.0 Å². The van der Waals surface area contributed by atoms with Crippen LogP contribution in [0.5, 0.6) is 0 Å². The molecule has 5 nitrogen and oxygen atoms in total. The quantitative estimate of drug-likeness (QED) is 0.654. The highest BCUT2D eigenvalue weighted by Crippen LogP contribution is 2.24. The Morgan fingerprint density at radius 2 is 1.65 bits per heavy atom. The van der Waals surface area contributed by atoms with Crippen molar-refractivity contribution in [3.63, 3.8) is 0 Å². The van der Waals surface area contributed by atoms with Crippen molar-refractivity contribution in [3.05, 3.63) is 77.9 Å². The molecule has 0 radical (unpaired) electrons. The smallest absolute Gasteiger partial charge is 0.240 e. The molecule has 1 unspecified atom stereocenters. The number of fused-ring (bicyclic) bond motifs is 1. The van der Waals surface area contributed by atoms with Crippen molar-refractivity contribution in [2.45, 2.75) is 17.9 Å². The van der Waals surface area contributed by atoms with Crippen molar-refractivity contribution in [2.75, 3.05) is 6.54 Å². The SMILES string of the molecule is CC(=O)c1ccc(S(=O)(=O)NCC(O)c2cccc3ccccc23)cc1. The van der Waals surface area contributed by atoms with E-state index in [2.05, 4.69) is 4.72 Å². The lowest BCUT2D eigenvalue weighted by Gasteiger charge is -2.15. The topological polar surface area (TPSA) is 83.5 Å². The van der Waals surface area contributed by atoms with Crippen LogP contribution in [0.1, 0.15) is 28.9 Å². The van der Waals surface area contributed by atoms with Gasteiger partial charge in [0, 0.05) is 12.1 Å². The van der Waals surface area contributed by atoms with Gasteiger partial charge in [-0.3, -0.25) is 4.79 Å². The van der Waals surface area contributed by atoms with E-state index in [1.807, 2.05) is 36.4 Å². The Balaban J connectivity index is 1.77. The van der Waals surface area contributed by atoms with Crippen LogP contribution in [0.2, 0.25) is 0 Å². The normalized spacial score (nSPS) is 12.8. The summed E-state index contributed by atoms with van der Waals surface area (Å²) in [7, 11) is -3.78. The number of rotatable bonds is 6. The first-order valence-corrected chi connectivity index (χ1v) is 9.63. The van der Waals surface area contributed by atoms with Crippen molar-refractivity contribution < 1.29 is 18.3 Å². The Hall–Kier alpha value is -2.54. The molecule has 134 valence electrons. The van der Waals surface area contributed by atoms with Crippen LogP contribution in [0, 0.1) is 0 Å². The monoisotopic (exact) mass is 369 g/mol. The zero-order chi connectivity index (χ0) is 18.7. The van der Waals surface area contributed by atoms with E-state index in [1.165, 1.54) is 31.2 Å². The predicted molar refractivity (Wildman–Crippen MR) is 101 cm³/mol. The third kappa shape index (κ3) is 3.83. The minimum absolute atomic E-state index is 0.0487. The molecule has 0 heterocycles. The van der Waals surface area contributed by atoms with E-state index >= 15 is 0 Å². The van der Waals surface area contributed by atoms with Gasteiger partial charge in [-0.05, 0) is 35.4 Å². The Bertz CT molecular complexity index is 1040. The molecular formula is C20H19NO4S. The number of Topliss-reactive ketones (excluding diaryl/α,β-unsaturated/α-hetero) is 1. The number of carbonyl (C=O) groups is 1. The summed E-state index contributed by atoms with van der Waals surface area (Å²) in [5.41, 5.74) is 1.11. The minimum atomic E-state index is -3.78. The molecule has 0 fully saturated rings. The van der Waals surface area contributed by atoms with Crippen LogP contribution < -0.4 is 4.72 Å². The number of ketones is 1. The summed E-state index contributed by atoms with van der Waals surface area (Å²) < 4.78 is 27.2. The van der Waals surface area contributed by atoms with E-state index in [4.69, 9.17) is 0 Å². The summed E-state index contributed by atoms with van der Waals surface area (Å²) in [6.07, 6.45) is -0.979. The van der Waals surface area contributed by atoms with Crippen molar-refractivity contribution in [3.8, 4) is 0 Å². The first-order valence-electron chi connectivity index (χ1n) is 8.15. The molecule has 26 heavy (non-hydrogen) atoms. The summed E-state index contributed by atoms with van der Waals surface area (Å²) in [5.74, 6) is -0.131. The van der Waals surface area contributed by atoms with Gasteiger partial charge in [-0.1, -0.05) is 54.6 Å². The van der Waals surface area contributed by atoms with Crippen molar-refractivity contribution in [1.29, 1.82) is 0 Å². The highest BCUT2D eigenvalue weighted by atomic mass is 32.2. The van der Waals surface area contributed by atoms with E-state index in [9.17, 15) is 18.3 Å². The number of aliphatic hydroxyl groups excluding tert-OH is 1. The van der Waals surface area contributed by atoms with Crippen LogP contribution in [-0.2, 0) is 10.0 Å². The van der Waals surface area contributed by atoms with Gasteiger partial charge < -0.3 is 5.11 Å². The predicted octanol–water partition coefficient (Wildman–Crippen LogP) is 3.05. The molecule has 0 aliphatic heterocycles. The van der Waals surface area contributed by atoms with E-state index in [-0.39, 0.29) is 17.2 Å². The highest BCUT2D eigenvalue weighted by Gasteiger charge is 2.18. The summed E-state index contributed by atoms with van der Waals surface area (Å²) >= 11 is 0. The second-order valence-corrected chi connectivity index (χ2v) is 7.78. The van der Waals surface area contributed by atoms with Gasteiger partial charge >= 0.3 is 0 Å². The molecule has 3 aromatic carbocycles. The third-order valence-electron chi connectivity index (χ3n) is 4.22. The molecule has 6 heteroatoms. The zero-order valence-corrected chi connectivity index (χ0v) is 15.0. The second kappa shape index (κ2) is 7.37. The van der Waals surface area contributed by atoms with Gasteiger partial charge in [-0.15, -0.1) is 0 Å². The molecule has 2 N–H and O–H groups in total. The fraction of sp³-hybridized carbons (Fsp3) is 0.150. The first kappa shape index (κ1) is 18.3. The summed E-state index contributed by atoms with van der Waals surface area (Å²) in [6, 6.07) is 18.9. The van der Waals surface area contributed by atoms with Crippen LogP contribution in [0.25, 0.3) is 10.8 Å². The van der Waals surface area contributed by atoms with Crippen molar-refractivity contribution in [1.82, 2.24) is 4.72 Å². The van der Waals surface area contributed by atoms with Crippen LogP contribution in [-0.4, -0.2) is 25.9 Å². The third-order valence-corrected chi connectivity index (χ3v) is 5.66. The van der Waals surface area contributed by atoms with E-state index in [0.717, 1.165) is 10.8 Å². The molecule has 0 saturated carbocycles. The van der Waals surface area contributed by atoms with Crippen molar-refractivity contribution in [2.24, 2.45) is 0 Å². The minimum Gasteiger partial charge on any atom is -0.387 e. The summed E-state index contributed by atoms with van der Waals surface area (Å²) in [6.45, 7) is 1.27. The number of aliphatic hydroxyl groups is 1. The van der Waals surface area contributed by atoms with Crippen LogP contribution in [0.4, 0.5) is 0 Å². The largest absolute Gasteiger partial charge is 0.387 e. The lowest BCUT2D eigenvalue weighted by atomic mass is 10.0. The maximum atomic E-state index is 12.4. The standard InChI is InChI=1S/C20H19NO4S/c1-14(22)15-9-11-17(12-10-15)26(24,25)21-13-20(23)19-8-4-6-16-5-2-3-7-18(16)19/h2-12,20-21,23H,13H2,1H3. The van der Waals surface area contributed by atoms with E-state index in [1.54, 1.807) is 6.07 Å². The average Bonchev–Trinajstić information content (AvgIpc) is 2.65. The summed E-state index contributed by atoms with van der Waals surface area (Å²) in [4.78, 5) is 11.3. The number of carbonyl (C=O) groups excluding carboxylic acids is 1. The number of sulfonamides is 1. The number of nitrogens with one attached hydrogen (secondary N) is 1. The van der Waals surface area contributed by atoms with E-state index < -0.39 is 16.1 Å². The maximum absolute atomic E-state index is 12.4. The lowest BCUT2D eigenvalue weighted by Crippen LogP contribution is -2.28. The molecular weight excluding hydrogens is 350 g/mol. The van der Waals surface area contributed by atoms with Gasteiger partial charge in [-0.2, -0.15) is 0 Å². The van der Waals surface area contributed by atoms with Crippen LogP contribution in [0.15, 0.2) is 71.6 Å². The number of benzene rings is 3. The maximum Gasteiger partial charge on any atom is 0.240 e. The average molecular weight is 369 g/mol. The fourth-order valence-corrected chi connectivity index (χ4v) is 3.83. The first-order chi connectivity index (χ1) is 12.4. The molecule has 0 aliphatic carbocycles. The van der Waals surface area contributed by atoms with Gasteiger partial charge in [-0.25, -0.2) is 13.1 Å². The lowest BCUT2D eigenvalue weighted by molar-refractivity contribution is 0.101. The molecule has 0 spiro atoms. The Morgan fingerprint density at radius 3 is 2.35 bits per heavy atom. The molecule has 3 aromatic rings. The van der Waals surface area contributed by atoms with Crippen LogP contribution >= 0.6 is 0 Å². The molecule has 1 atom stereocenters. The molecule has 0 amide bonds. The Labute approximate surface area is 152 Å². The number of hydrogen-bond donors (Lipinski definition) is 2. The molecule has 3 rings (SSSR count). The van der Waals surface area contributed by atoms with Gasteiger partial charge in [0.25, 0.3) is 0 Å². The second-order valence-electron chi connectivity index (χ2n) is 6.02. The zero-order valence-electron chi connectivity index (χ0n) is 14.2. The molecule has 0 aromatic heterocycles. The molecule has 0 bridgehead atoms. The van der Waals surface area contributed by atoms with Crippen LogP contribution in [0.3, 0.4) is 0 Å². The Morgan fingerprint density at radius 1 is 1.00 bits per heavy atom. The van der Waals surface area contributed by atoms with Gasteiger partial charge in [0.15, 0.2) is 5.78 Å². The summed E-state index contributed by atoms with van der Waals surface area (Å²) in [5, 5.41) is 12.3. The van der Waals surface area contributed by atoms with Gasteiger partial charge in [0.05, 0.1) is 11.0 Å². The molecule has 0 aliphatic rings. The highest BCUT2D eigenvalue weighted by molar-refractivity contribution is 7.89. The molecule has 0 saturated heterocycles. The van der Waals surface area contributed by atoms with Crippen molar-refractivity contribution >= 4 is 26.6 Å². The number of hydrogen-bond acceptors (Lipinski definition) is 4. The fourth-order valence-electron chi connectivity index (χ4n) is 2.79. The Kier molecular flexibility index (Phi) is 5.18. The van der Waals surface area contributed by atoms with E-state index in [0.29, 0.717) is 11.1 Å².